The van der Waals surface area contributed by atoms with E-state index in [1.54, 1.807) is 0 Å². The Bertz CT molecular complexity index is 1530. The highest BCUT2D eigenvalue weighted by Gasteiger charge is 2.17. The van der Waals surface area contributed by atoms with Gasteiger partial charge in [-0.15, -0.1) is 0 Å². The van der Waals surface area contributed by atoms with Crippen LogP contribution in [0.3, 0.4) is 0 Å². The standard InChI is InChI=1S/C30H30N2O5/c1-5-32-27-15-13-21(26(31-37-20(3)33)11-8-12-29(34)36-4)17-24(27)25-18-22(14-16-28(25)32)30(35)23-10-7-6-9-19(23)2/h6-7,9-10,13-18H,5,8,11-12H2,1-4H3. The molecule has 0 amide bonds. The molecule has 0 N–H and O–H groups in total. The van der Waals surface area contributed by atoms with Gasteiger partial charge in [0.2, 0.25) is 0 Å². The van der Waals surface area contributed by atoms with Crippen molar-refractivity contribution < 1.29 is 24.0 Å². The van der Waals surface area contributed by atoms with Gasteiger partial charge in [-0.2, -0.15) is 0 Å². The molecule has 0 atom stereocenters. The summed E-state index contributed by atoms with van der Waals surface area (Å²) in [5.41, 5.74) is 5.64. The van der Waals surface area contributed by atoms with Crippen molar-refractivity contribution in [3.63, 3.8) is 0 Å². The van der Waals surface area contributed by atoms with Gasteiger partial charge in [0.05, 0.1) is 12.8 Å². The third-order valence-corrected chi connectivity index (χ3v) is 6.47. The van der Waals surface area contributed by atoms with Gasteiger partial charge in [0.1, 0.15) is 0 Å². The number of ether oxygens (including phenoxy) is 1. The first-order valence-corrected chi connectivity index (χ1v) is 12.3. The zero-order valence-electron chi connectivity index (χ0n) is 21.5. The number of benzene rings is 3. The minimum absolute atomic E-state index is 0.0199. The second kappa shape index (κ2) is 11.2. The Hall–Kier alpha value is -4.26. The van der Waals surface area contributed by atoms with Gasteiger partial charge in [-0.05, 0) is 62.6 Å². The lowest BCUT2D eigenvalue weighted by Gasteiger charge is -2.07. The van der Waals surface area contributed by atoms with Crippen molar-refractivity contribution in [1.82, 2.24) is 4.57 Å². The third kappa shape index (κ3) is 5.45. The van der Waals surface area contributed by atoms with E-state index in [-0.39, 0.29) is 18.2 Å². The summed E-state index contributed by atoms with van der Waals surface area (Å²) in [6, 6.07) is 19.4. The molecule has 4 aromatic rings. The minimum atomic E-state index is -0.520. The molecule has 4 rings (SSSR count). The van der Waals surface area contributed by atoms with Crippen molar-refractivity contribution in [2.45, 2.75) is 46.6 Å². The predicted octanol–water partition coefficient (Wildman–Crippen LogP) is 5.96. The van der Waals surface area contributed by atoms with E-state index in [1.807, 2.05) is 67.6 Å². The number of rotatable bonds is 9. The molecule has 1 aromatic heterocycles. The first-order chi connectivity index (χ1) is 17.8. The predicted molar refractivity (Wildman–Crippen MR) is 144 cm³/mol. The Labute approximate surface area is 215 Å². The van der Waals surface area contributed by atoms with Crippen LogP contribution in [0, 0.1) is 6.92 Å². The number of nitrogens with zero attached hydrogens (tertiary/aromatic N) is 2. The minimum Gasteiger partial charge on any atom is -0.469 e. The number of hydrogen-bond acceptors (Lipinski definition) is 6. The van der Waals surface area contributed by atoms with Gasteiger partial charge < -0.3 is 14.1 Å². The van der Waals surface area contributed by atoms with Gasteiger partial charge in [0, 0.05) is 58.4 Å². The van der Waals surface area contributed by atoms with Crippen LogP contribution in [-0.2, 0) is 25.7 Å². The number of carbonyl (C=O) groups excluding carboxylic acids is 3. The zero-order valence-corrected chi connectivity index (χ0v) is 21.5. The monoisotopic (exact) mass is 498 g/mol. The highest BCUT2D eigenvalue weighted by molar-refractivity contribution is 6.16. The maximum Gasteiger partial charge on any atom is 0.331 e. The van der Waals surface area contributed by atoms with Crippen LogP contribution in [0.15, 0.2) is 65.8 Å². The summed E-state index contributed by atoms with van der Waals surface area (Å²) >= 11 is 0. The summed E-state index contributed by atoms with van der Waals surface area (Å²) in [4.78, 5) is 41.3. The summed E-state index contributed by atoms with van der Waals surface area (Å²) in [5, 5.41) is 6.01. The highest BCUT2D eigenvalue weighted by atomic mass is 16.7. The van der Waals surface area contributed by atoms with Gasteiger partial charge in [0.25, 0.3) is 0 Å². The summed E-state index contributed by atoms with van der Waals surface area (Å²) in [7, 11) is 1.35. The van der Waals surface area contributed by atoms with Gasteiger partial charge in [-0.1, -0.05) is 35.5 Å². The van der Waals surface area contributed by atoms with E-state index in [0.29, 0.717) is 29.7 Å². The lowest BCUT2D eigenvalue weighted by Crippen LogP contribution is -2.07. The van der Waals surface area contributed by atoms with E-state index in [1.165, 1.54) is 14.0 Å². The molecule has 7 heteroatoms. The highest BCUT2D eigenvalue weighted by Crippen LogP contribution is 2.32. The maximum absolute atomic E-state index is 13.3. The summed E-state index contributed by atoms with van der Waals surface area (Å²) < 4.78 is 6.94. The van der Waals surface area contributed by atoms with Crippen molar-refractivity contribution in [3.8, 4) is 0 Å². The number of oxime groups is 1. The molecule has 0 aliphatic carbocycles. The number of methoxy groups -OCH3 is 1. The fraction of sp³-hybridized carbons (Fsp3) is 0.267. The van der Waals surface area contributed by atoms with Gasteiger partial charge >= 0.3 is 11.9 Å². The molecule has 0 fully saturated rings. The molecule has 0 radical (unpaired) electrons. The molecular formula is C30H30N2O5. The Kier molecular flexibility index (Phi) is 7.82. The molecular weight excluding hydrogens is 468 g/mol. The fourth-order valence-corrected chi connectivity index (χ4v) is 4.61. The van der Waals surface area contributed by atoms with Crippen LogP contribution >= 0.6 is 0 Å². The Morgan fingerprint density at radius 2 is 1.54 bits per heavy atom. The van der Waals surface area contributed by atoms with Crippen molar-refractivity contribution in [3.05, 3.63) is 82.9 Å². The van der Waals surface area contributed by atoms with Crippen LogP contribution < -0.4 is 0 Å². The molecule has 3 aromatic carbocycles. The van der Waals surface area contributed by atoms with Crippen LogP contribution in [0.1, 0.15) is 60.2 Å². The number of ketones is 1. The normalized spacial score (nSPS) is 11.6. The van der Waals surface area contributed by atoms with Crippen LogP contribution in [-0.4, -0.2) is 35.1 Å². The van der Waals surface area contributed by atoms with Crippen LogP contribution in [0.4, 0.5) is 0 Å². The second-order valence-corrected chi connectivity index (χ2v) is 8.90. The summed E-state index contributed by atoms with van der Waals surface area (Å²) in [6.07, 6.45) is 1.16. The quantitative estimate of drug-likeness (QED) is 0.0934. The second-order valence-electron chi connectivity index (χ2n) is 8.90. The van der Waals surface area contributed by atoms with E-state index in [0.717, 1.165) is 39.5 Å². The maximum atomic E-state index is 13.3. The molecule has 37 heavy (non-hydrogen) atoms. The smallest absolute Gasteiger partial charge is 0.331 e. The Balaban J connectivity index is 1.81. The first-order valence-electron chi connectivity index (χ1n) is 12.3. The summed E-state index contributed by atoms with van der Waals surface area (Å²) in [5.74, 6) is -0.846. The van der Waals surface area contributed by atoms with Crippen LogP contribution in [0.2, 0.25) is 0 Å². The topological polar surface area (TPSA) is 87.0 Å². The Morgan fingerprint density at radius 3 is 2.16 bits per heavy atom. The average molecular weight is 499 g/mol. The van der Waals surface area contributed by atoms with Crippen molar-refractivity contribution in [2.75, 3.05) is 7.11 Å². The number of carbonyl (C=O) groups is 3. The van der Waals surface area contributed by atoms with Crippen LogP contribution in [0.25, 0.3) is 21.8 Å². The SMILES string of the molecule is CCn1c2ccc(C(=O)c3ccccc3C)cc2c2cc(C(CCCC(=O)OC)=NOC(C)=O)ccc21. The van der Waals surface area contributed by atoms with Gasteiger partial charge in [-0.25, -0.2) is 4.79 Å². The molecule has 0 unspecified atom stereocenters. The zero-order chi connectivity index (χ0) is 26.5. The number of aromatic nitrogens is 1. The van der Waals surface area contributed by atoms with E-state index >= 15 is 0 Å². The van der Waals surface area contributed by atoms with E-state index in [2.05, 4.69) is 16.6 Å². The molecule has 0 aliphatic heterocycles. The summed E-state index contributed by atoms with van der Waals surface area (Å²) in [6.45, 7) is 6.07. The molecule has 0 saturated heterocycles. The molecule has 0 bridgehead atoms. The van der Waals surface area contributed by atoms with E-state index in [4.69, 9.17) is 9.57 Å². The van der Waals surface area contributed by atoms with Crippen LogP contribution in [0.5, 0.6) is 0 Å². The average Bonchev–Trinajstić information content (AvgIpc) is 3.22. The molecule has 7 nitrogen and oxygen atoms in total. The Morgan fingerprint density at radius 1 is 0.892 bits per heavy atom. The molecule has 1 heterocycles. The number of aryl methyl sites for hydroxylation is 2. The molecule has 0 saturated carbocycles. The number of hydrogen-bond donors (Lipinski definition) is 0. The van der Waals surface area contributed by atoms with Gasteiger partial charge in [-0.3, -0.25) is 9.59 Å². The first kappa shape index (κ1) is 25.8. The van der Waals surface area contributed by atoms with Gasteiger partial charge in [0.15, 0.2) is 5.78 Å². The lowest BCUT2D eigenvalue weighted by molar-refractivity contribution is -0.141. The number of fused-ring (bicyclic) bond motifs is 3. The fourth-order valence-electron chi connectivity index (χ4n) is 4.61. The van der Waals surface area contributed by atoms with Crippen molar-refractivity contribution >= 4 is 45.2 Å². The molecule has 190 valence electrons. The van der Waals surface area contributed by atoms with Crippen molar-refractivity contribution in [2.24, 2.45) is 5.16 Å². The van der Waals surface area contributed by atoms with E-state index < -0.39 is 5.97 Å². The molecule has 0 spiro atoms. The van der Waals surface area contributed by atoms with E-state index in [9.17, 15) is 14.4 Å². The van der Waals surface area contributed by atoms with Crippen molar-refractivity contribution in [1.29, 1.82) is 0 Å². The number of esters is 1. The third-order valence-electron chi connectivity index (χ3n) is 6.47. The molecule has 0 aliphatic rings. The largest absolute Gasteiger partial charge is 0.469 e. The lowest BCUT2D eigenvalue weighted by atomic mass is 9.97.